The van der Waals surface area contributed by atoms with Crippen LogP contribution in [0.4, 0.5) is 4.39 Å². The summed E-state index contributed by atoms with van der Waals surface area (Å²) in [6.45, 7) is 0.919. The summed E-state index contributed by atoms with van der Waals surface area (Å²) in [5.41, 5.74) is -1.59. The van der Waals surface area contributed by atoms with Gasteiger partial charge in [0.1, 0.15) is 17.8 Å². The highest BCUT2D eigenvalue weighted by molar-refractivity contribution is 5.28. The lowest BCUT2D eigenvalue weighted by Gasteiger charge is -2.15. The Balaban J connectivity index is 2.47. The molecule has 20 heavy (non-hydrogen) atoms. The van der Waals surface area contributed by atoms with Crippen LogP contribution in [0.15, 0.2) is 15.8 Å². The summed E-state index contributed by atoms with van der Waals surface area (Å²) in [5, 5.41) is 18.5. The summed E-state index contributed by atoms with van der Waals surface area (Å²) in [5.74, 6) is 4.97. The van der Waals surface area contributed by atoms with E-state index in [1.54, 1.807) is 0 Å². The van der Waals surface area contributed by atoms with Crippen molar-refractivity contribution in [1.29, 1.82) is 0 Å². The number of hydrogen-bond donors (Lipinski definition) is 3. The molecule has 2 heterocycles. The predicted molar refractivity (Wildman–Crippen MR) is 65.8 cm³/mol. The number of halogens is 1. The van der Waals surface area contributed by atoms with Gasteiger partial charge in [-0.1, -0.05) is 5.92 Å². The van der Waals surface area contributed by atoms with Crippen LogP contribution in [-0.4, -0.2) is 44.8 Å². The van der Waals surface area contributed by atoms with Crippen LogP contribution in [0.3, 0.4) is 0 Å². The largest absolute Gasteiger partial charge is 0.394 e. The highest BCUT2D eigenvalue weighted by atomic mass is 19.1. The maximum atomic E-state index is 13.9. The van der Waals surface area contributed by atoms with Gasteiger partial charge in [-0.2, -0.15) is 0 Å². The monoisotopic (exact) mass is 284 g/mol. The predicted octanol–water partition coefficient (Wildman–Crippen LogP) is -1.50. The third-order valence-electron chi connectivity index (χ3n) is 2.98. The Morgan fingerprint density at radius 1 is 1.55 bits per heavy atom. The minimum atomic E-state index is -1.90. The summed E-state index contributed by atoms with van der Waals surface area (Å²) >= 11 is 0. The quantitative estimate of drug-likeness (QED) is 0.573. The van der Waals surface area contributed by atoms with Crippen molar-refractivity contribution in [2.45, 2.75) is 31.5 Å². The average Bonchev–Trinajstić information content (AvgIpc) is 2.70. The van der Waals surface area contributed by atoms with Crippen LogP contribution in [0.1, 0.15) is 18.7 Å². The first-order valence-electron chi connectivity index (χ1n) is 5.86. The van der Waals surface area contributed by atoms with Crippen molar-refractivity contribution in [1.82, 2.24) is 9.55 Å². The molecule has 0 aliphatic carbocycles. The van der Waals surface area contributed by atoms with Gasteiger partial charge in [-0.05, 0) is 6.92 Å². The lowest BCUT2D eigenvalue weighted by molar-refractivity contribution is -0.0491. The third-order valence-corrected chi connectivity index (χ3v) is 2.98. The van der Waals surface area contributed by atoms with Gasteiger partial charge in [-0.15, -0.1) is 5.92 Å². The van der Waals surface area contributed by atoms with Gasteiger partial charge >= 0.3 is 5.69 Å². The zero-order chi connectivity index (χ0) is 14.9. The van der Waals surface area contributed by atoms with E-state index < -0.39 is 42.5 Å². The molecule has 0 radical (unpaired) electrons. The number of nitrogens with zero attached hydrogens (tertiary/aromatic N) is 1. The highest BCUT2D eigenvalue weighted by Gasteiger charge is 2.45. The Labute approximate surface area is 112 Å². The van der Waals surface area contributed by atoms with E-state index in [0.29, 0.717) is 0 Å². The summed E-state index contributed by atoms with van der Waals surface area (Å²) in [4.78, 5) is 25.2. The second kappa shape index (κ2) is 5.58. The lowest BCUT2D eigenvalue weighted by Crippen LogP contribution is -2.37. The van der Waals surface area contributed by atoms with Crippen molar-refractivity contribution in [2.24, 2.45) is 0 Å². The van der Waals surface area contributed by atoms with Crippen LogP contribution in [0, 0.1) is 11.8 Å². The number of aliphatic hydroxyl groups is 2. The summed E-state index contributed by atoms with van der Waals surface area (Å²) in [7, 11) is 0. The molecule has 2 unspecified atom stereocenters. The second-order valence-electron chi connectivity index (χ2n) is 4.27. The Morgan fingerprint density at radius 2 is 2.25 bits per heavy atom. The fourth-order valence-corrected chi connectivity index (χ4v) is 1.98. The fraction of sp³-hybridized carbons (Fsp3) is 0.500. The van der Waals surface area contributed by atoms with Crippen molar-refractivity contribution in [3.05, 3.63) is 32.6 Å². The molecule has 0 spiro atoms. The number of aliphatic hydroxyl groups excluding tert-OH is 2. The molecule has 2 rings (SSSR count). The zero-order valence-electron chi connectivity index (χ0n) is 10.5. The highest BCUT2D eigenvalue weighted by Crippen LogP contribution is 2.30. The van der Waals surface area contributed by atoms with Crippen LogP contribution in [0.25, 0.3) is 0 Å². The molecule has 1 fully saturated rings. The zero-order valence-corrected chi connectivity index (χ0v) is 10.5. The van der Waals surface area contributed by atoms with Gasteiger partial charge in [-0.3, -0.25) is 14.3 Å². The molecule has 108 valence electrons. The maximum absolute atomic E-state index is 13.9. The second-order valence-corrected chi connectivity index (χ2v) is 4.27. The Morgan fingerprint density at radius 3 is 2.80 bits per heavy atom. The Kier molecular flexibility index (Phi) is 4.04. The molecular weight excluding hydrogens is 271 g/mol. The van der Waals surface area contributed by atoms with Crippen LogP contribution in [0.2, 0.25) is 0 Å². The summed E-state index contributed by atoms with van der Waals surface area (Å²) in [6.07, 6.45) is -4.94. The standard InChI is InChI=1S/C12H13FN2O5/c1-2-3-6-4-15(12(19)14-10(6)18)11-8(13)9(17)7(5-16)20-11/h4,7-9,11,16-17H,5H2,1H3,(H,14,18,19)/t7-,8?,9?,11-/m0/s1. The van der Waals surface area contributed by atoms with Crippen LogP contribution < -0.4 is 11.2 Å². The first-order chi connectivity index (χ1) is 9.49. The molecular formula is C12H13FN2O5. The van der Waals surface area contributed by atoms with Crippen molar-refractivity contribution >= 4 is 0 Å². The lowest BCUT2D eigenvalue weighted by atomic mass is 10.1. The summed E-state index contributed by atoms with van der Waals surface area (Å²) < 4.78 is 19.8. The van der Waals surface area contributed by atoms with Crippen LogP contribution in [0.5, 0.6) is 0 Å². The molecule has 1 aromatic rings. The Hall–Kier alpha value is -1.95. The topological polar surface area (TPSA) is 105 Å². The van der Waals surface area contributed by atoms with Crippen molar-refractivity contribution in [2.75, 3.05) is 6.61 Å². The minimum absolute atomic E-state index is 0.0233. The number of H-pyrrole nitrogens is 1. The van der Waals surface area contributed by atoms with E-state index in [2.05, 4.69) is 11.8 Å². The van der Waals surface area contributed by atoms with Gasteiger partial charge in [0.15, 0.2) is 12.4 Å². The maximum Gasteiger partial charge on any atom is 0.330 e. The molecule has 0 bridgehead atoms. The number of aromatic amines is 1. The smallest absolute Gasteiger partial charge is 0.330 e. The SMILES string of the molecule is CC#Cc1cn([C@H]2O[C@@H](CO)C(O)C2F)c(=O)[nH]c1=O. The van der Waals surface area contributed by atoms with Crippen LogP contribution >= 0.6 is 0 Å². The number of aromatic nitrogens is 2. The normalized spacial score (nSPS) is 29.0. The molecule has 0 amide bonds. The molecule has 3 N–H and O–H groups in total. The molecule has 0 aromatic carbocycles. The first kappa shape index (κ1) is 14.5. The van der Waals surface area contributed by atoms with E-state index in [4.69, 9.17) is 9.84 Å². The molecule has 0 saturated carbocycles. The van der Waals surface area contributed by atoms with E-state index >= 15 is 0 Å². The van der Waals surface area contributed by atoms with Gasteiger partial charge in [0, 0.05) is 6.20 Å². The number of rotatable bonds is 2. The van der Waals surface area contributed by atoms with E-state index in [1.807, 2.05) is 4.98 Å². The third kappa shape index (κ3) is 2.38. The van der Waals surface area contributed by atoms with E-state index in [0.717, 1.165) is 10.8 Å². The van der Waals surface area contributed by atoms with Crippen LogP contribution in [-0.2, 0) is 4.74 Å². The number of nitrogens with one attached hydrogen (secondary N) is 1. The van der Waals surface area contributed by atoms with Crippen molar-refractivity contribution in [3.63, 3.8) is 0 Å². The molecule has 8 heteroatoms. The molecule has 4 atom stereocenters. The van der Waals surface area contributed by atoms with Gasteiger partial charge in [0.2, 0.25) is 0 Å². The molecule has 1 aromatic heterocycles. The number of hydrogen-bond acceptors (Lipinski definition) is 5. The number of alkyl halides is 1. The van der Waals surface area contributed by atoms with Gasteiger partial charge < -0.3 is 14.9 Å². The van der Waals surface area contributed by atoms with Crippen molar-refractivity contribution < 1.29 is 19.3 Å². The minimum Gasteiger partial charge on any atom is -0.394 e. The van der Waals surface area contributed by atoms with E-state index in [9.17, 15) is 19.1 Å². The van der Waals surface area contributed by atoms with E-state index in [-0.39, 0.29) is 5.56 Å². The fourth-order valence-electron chi connectivity index (χ4n) is 1.98. The van der Waals surface area contributed by atoms with Crippen molar-refractivity contribution in [3.8, 4) is 11.8 Å². The first-order valence-corrected chi connectivity index (χ1v) is 5.86. The molecule has 1 aliphatic rings. The summed E-state index contributed by atoms with van der Waals surface area (Å²) in [6, 6.07) is 0. The number of ether oxygens (including phenoxy) is 1. The average molecular weight is 284 g/mol. The van der Waals surface area contributed by atoms with E-state index in [1.165, 1.54) is 6.92 Å². The molecule has 1 saturated heterocycles. The van der Waals surface area contributed by atoms with Gasteiger partial charge in [0.05, 0.1) is 6.61 Å². The Bertz CT molecular complexity index is 671. The van der Waals surface area contributed by atoms with Gasteiger partial charge in [-0.25, -0.2) is 9.18 Å². The molecule has 1 aliphatic heterocycles. The molecule has 7 nitrogen and oxygen atoms in total. The van der Waals surface area contributed by atoms with Gasteiger partial charge in [0.25, 0.3) is 5.56 Å².